The van der Waals surface area contributed by atoms with Crippen LogP contribution >= 0.6 is 14.3 Å². The van der Waals surface area contributed by atoms with E-state index in [0.717, 1.165) is 5.82 Å². The van der Waals surface area contributed by atoms with E-state index in [1.165, 1.54) is 7.11 Å². The van der Waals surface area contributed by atoms with E-state index < -0.39 is 20.4 Å². The van der Waals surface area contributed by atoms with Gasteiger partial charge >= 0.3 is 14.3 Å². The molecule has 1 fully saturated rings. The molecule has 0 spiro atoms. The Bertz CT molecular complexity index is 511. The van der Waals surface area contributed by atoms with Crippen LogP contribution in [0.3, 0.4) is 0 Å². The predicted octanol–water partition coefficient (Wildman–Crippen LogP) is 3.03. The van der Waals surface area contributed by atoms with Crippen LogP contribution in [0.1, 0.15) is 27.2 Å². The van der Waals surface area contributed by atoms with Crippen LogP contribution in [0.2, 0.25) is 0 Å². The van der Waals surface area contributed by atoms with Crippen LogP contribution in [0.4, 0.5) is 0 Å². The molecule has 7 nitrogen and oxygen atoms in total. The van der Waals surface area contributed by atoms with Crippen molar-refractivity contribution in [3.63, 3.8) is 0 Å². The minimum absolute atomic E-state index is 0.134. The van der Waals surface area contributed by atoms with Crippen molar-refractivity contribution in [3.05, 3.63) is 11.9 Å². The van der Waals surface area contributed by atoms with Crippen molar-refractivity contribution < 1.29 is 32.7 Å². The van der Waals surface area contributed by atoms with Crippen molar-refractivity contribution in [2.45, 2.75) is 45.5 Å². The number of rotatable bonds is 8. The molecule has 0 radical (unpaired) electrons. The van der Waals surface area contributed by atoms with Crippen molar-refractivity contribution in [1.29, 1.82) is 0 Å². The first-order valence-corrected chi connectivity index (χ1v) is 11.5. The molecule has 136 valence electrons. The molecule has 0 amide bonds. The van der Waals surface area contributed by atoms with E-state index in [2.05, 4.69) is 4.52 Å². The molecule has 6 atom stereocenters. The lowest BCUT2D eigenvalue weighted by atomic mass is 10.1. The molecule has 0 heterocycles. The molecular weight excluding hydrogens is 362 g/mol. The van der Waals surface area contributed by atoms with Crippen LogP contribution in [0, 0.1) is 11.8 Å². The van der Waals surface area contributed by atoms with Crippen LogP contribution < -0.4 is 0 Å². The monoisotopic (exact) mass is 388 g/mol. The van der Waals surface area contributed by atoms with Gasteiger partial charge in [-0.2, -0.15) is 0 Å². The third-order valence-corrected chi connectivity index (χ3v) is 6.39. The van der Waals surface area contributed by atoms with Crippen LogP contribution in [-0.2, 0) is 34.7 Å². The molecule has 0 aromatic carbocycles. The number of hydrogen-bond donors (Lipinski definition) is 2. The lowest BCUT2D eigenvalue weighted by molar-refractivity contribution is -0.0150. The van der Waals surface area contributed by atoms with Gasteiger partial charge in [-0.3, -0.25) is 4.57 Å². The highest BCUT2D eigenvalue weighted by Crippen LogP contribution is 2.52. The highest BCUT2D eigenvalue weighted by molar-refractivity contribution is 8.07. The highest BCUT2D eigenvalue weighted by atomic mass is 32.5. The molecule has 2 N–H and O–H groups in total. The quantitative estimate of drug-likeness (QED) is 0.613. The second kappa shape index (κ2) is 8.65. The van der Waals surface area contributed by atoms with Gasteiger partial charge < -0.3 is 28.1 Å². The highest BCUT2D eigenvalue weighted by Gasteiger charge is 2.44. The standard InChI is InChI=1S/C13H26O7P2S/c1-9(2)19-22(16,23)20-13-11(6-7-21(14,15)18-5)8-10(3)12(13)17-4/h6-7,9-13H,8H2,1-5H3,(H,14,15)(H,16,23)/b7-6+/t10-,11+,12+,13-,22?/m1/s1. The first-order chi connectivity index (χ1) is 10.5. The van der Waals surface area contributed by atoms with E-state index in [-0.39, 0.29) is 24.0 Å². The van der Waals surface area contributed by atoms with Crippen LogP contribution in [0.5, 0.6) is 0 Å². The Balaban J connectivity index is 2.96. The van der Waals surface area contributed by atoms with E-state index in [9.17, 15) is 14.4 Å². The van der Waals surface area contributed by atoms with Gasteiger partial charge in [-0.15, -0.1) is 0 Å². The minimum atomic E-state index is -3.76. The van der Waals surface area contributed by atoms with Crippen LogP contribution in [0.25, 0.3) is 0 Å². The molecule has 2 unspecified atom stereocenters. The molecule has 1 aliphatic rings. The fourth-order valence-corrected chi connectivity index (χ4v) is 5.22. The number of hydrogen-bond acceptors (Lipinski definition) is 6. The zero-order chi connectivity index (χ0) is 17.8. The van der Waals surface area contributed by atoms with Gasteiger partial charge in [0.05, 0.1) is 18.3 Å². The summed E-state index contributed by atoms with van der Waals surface area (Å²) in [6, 6.07) is 0. The predicted molar refractivity (Wildman–Crippen MR) is 91.6 cm³/mol. The summed E-state index contributed by atoms with van der Waals surface area (Å²) in [6.45, 7) is 2.06. The molecule has 0 aromatic rings. The lowest BCUT2D eigenvalue weighted by Crippen LogP contribution is -2.31. The first kappa shape index (κ1) is 21.4. The molecular formula is C13H26O7P2S. The zero-order valence-electron chi connectivity index (χ0n) is 14.0. The van der Waals surface area contributed by atoms with Gasteiger partial charge in [0.1, 0.15) is 0 Å². The van der Waals surface area contributed by atoms with E-state index in [4.69, 9.17) is 25.6 Å². The molecule has 10 heteroatoms. The van der Waals surface area contributed by atoms with Crippen molar-refractivity contribution in [3.8, 4) is 0 Å². The Kier molecular flexibility index (Phi) is 8.06. The largest absolute Gasteiger partial charge is 0.378 e. The summed E-state index contributed by atoms with van der Waals surface area (Å²) in [5.41, 5.74) is 0. The van der Waals surface area contributed by atoms with Gasteiger partial charge in [0.25, 0.3) is 0 Å². The molecule has 1 rings (SSSR count). The van der Waals surface area contributed by atoms with E-state index in [1.54, 1.807) is 27.0 Å². The Morgan fingerprint density at radius 3 is 2.35 bits per heavy atom. The van der Waals surface area contributed by atoms with Crippen molar-refractivity contribution >= 4 is 26.1 Å². The van der Waals surface area contributed by atoms with Crippen LogP contribution in [-0.4, -0.2) is 42.3 Å². The second-order valence-electron chi connectivity index (χ2n) is 5.86. The van der Waals surface area contributed by atoms with Gasteiger partial charge in [-0.25, -0.2) is 0 Å². The summed E-state index contributed by atoms with van der Waals surface area (Å²) >= 11 is 5.04. The molecule has 1 saturated carbocycles. The summed E-state index contributed by atoms with van der Waals surface area (Å²) in [5.74, 6) is 1.02. The lowest BCUT2D eigenvalue weighted by Gasteiger charge is -2.28. The molecule has 0 saturated heterocycles. The Morgan fingerprint density at radius 2 is 1.87 bits per heavy atom. The third-order valence-electron chi connectivity index (χ3n) is 3.60. The number of methoxy groups -OCH3 is 1. The van der Waals surface area contributed by atoms with Gasteiger partial charge in [0.2, 0.25) is 0 Å². The van der Waals surface area contributed by atoms with Crippen molar-refractivity contribution in [1.82, 2.24) is 0 Å². The van der Waals surface area contributed by atoms with Crippen molar-refractivity contribution in [2.24, 2.45) is 11.8 Å². The second-order valence-corrected chi connectivity index (χ2v) is 10.4. The fourth-order valence-electron chi connectivity index (χ4n) is 2.68. The Morgan fingerprint density at radius 1 is 1.26 bits per heavy atom. The van der Waals surface area contributed by atoms with Gasteiger partial charge in [0.15, 0.2) is 0 Å². The summed E-state index contributed by atoms with van der Waals surface area (Å²) < 4.78 is 32.5. The Hall–Kier alpha value is 0.380. The third kappa shape index (κ3) is 6.65. The SMILES string of the molecule is CO[C@@H]1[C@H](OP(O)(=S)OC(C)C)[C@@H](/C=C/P(=O)(O)OC)C[C@H]1C. The van der Waals surface area contributed by atoms with E-state index in [1.807, 2.05) is 6.92 Å². The summed E-state index contributed by atoms with van der Waals surface area (Å²) in [5, 5.41) is 0. The van der Waals surface area contributed by atoms with E-state index >= 15 is 0 Å². The smallest absolute Gasteiger partial charge is 0.351 e. The average Bonchev–Trinajstić information content (AvgIpc) is 2.70. The van der Waals surface area contributed by atoms with Gasteiger partial charge in [-0.1, -0.05) is 13.0 Å². The number of ether oxygens (including phenoxy) is 1. The fraction of sp³-hybridized carbons (Fsp3) is 0.846. The normalized spacial score (nSPS) is 33.9. The zero-order valence-corrected chi connectivity index (χ0v) is 16.6. The minimum Gasteiger partial charge on any atom is -0.378 e. The molecule has 1 aliphatic carbocycles. The maximum absolute atomic E-state index is 11.6. The average molecular weight is 388 g/mol. The molecule has 0 aromatic heterocycles. The van der Waals surface area contributed by atoms with E-state index in [0.29, 0.717) is 6.42 Å². The van der Waals surface area contributed by atoms with Crippen LogP contribution in [0.15, 0.2) is 11.9 Å². The molecule has 23 heavy (non-hydrogen) atoms. The summed E-state index contributed by atoms with van der Waals surface area (Å²) in [7, 11) is -1.04. The topological polar surface area (TPSA) is 94.5 Å². The molecule has 0 aliphatic heterocycles. The summed E-state index contributed by atoms with van der Waals surface area (Å²) in [4.78, 5) is 19.7. The summed E-state index contributed by atoms with van der Waals surface area (Å²) in [6.07, 6.45) is 1.11. The van der Waals surface area contributed by atoms with Crippen molar-refractivity contribution in [2.75, 3.05) is 14.2 Å². The van der Waals surface area contributed by atoms with Gasteiger partial charge in [-0.05, 0) is 38.0 Å². The molecule has 0 bridgehead atoms. The Labute approximate surface area is 142 Å². The maximum atomic E-state index is 11.6. The van der Waals surface area contributed by atoms with Gasteiger partial charge in [0, 0.05) is 26.0 Å². The first-order valence-electron chi connectivity index (χ1n) is 7.31. The maximum Gasteiger partial charge on any atom is 0.351 e.